The van der Waals surface area contributed by atoms with E-state index < -0.39 is 0 Å². The van der Waals surface area contributed by atoms with Crippen molar-refractivity contribution in [2.75, 3.05) is 20.1 Å². The SMILES string of the molecule is CN1C[C@@H]2[C@@H](CCCN2C(=O)c2cc(Br)nn2C)C1=O. The van der Waals surface area contributed by atoms with Crippen LogP contribution in [0, 0.1) is 5.92 Å². The topological polar surface area (TPSA) is 58.4 Å². The summed E-state index contributed by atoms with van der Waals surface area (Å²) in [6.45, 7) is 1.35. The Morgan fingerprint density at radius 3 is 2.85 bits per heavy atom. The summed E-state index contributed by atoms with van der Waals surface area (Å²) in [5.41, 5.74) is 0.555. The van der Waals surface area contributed by atoms with Crippen LogP contribution in [0.1, 0.15) is 23.3 Å². The van der Waals surface area contributed by atoms with Crippen molar-refractivity contribution >= 4 is 27.7 Å². The van der Waals surface area contributed by atoms with E-state index in [0.717, 1.165) is 12.8 Å². The molecular weight excluding hydrogens is 324 g/mol. The predicted molar refractivity (Wildman–Crippen MR) is 76.1 cm³/mol. The van der Waals surface area contributed by atoms with Crippen LogP contribution in [0.15, 0.2) is 10.7 Å². The number of hydrogen-bond acceptors (Lipinski definition) is 3. The van der Waals surface area contributed by atoms with Gasteiger partial charge in [0.15, 0.2) is 0 Å². The second kappa shape index (κ2) is 4.87. The van der Waals surface area contributed by atoms with E-state index in [9.17, 15) is 9.59 Å². The third-order valence-corrected chi connectivity index (χ3v) is 4.65. The minimum absolute atomic E-state index is 0.00225. The standard InChI is InChI=1S/C13H17BrN4O2/c1-16-7-10-8(12(16)19)4-3-5-18(10)13(20)9-6-11(14)15-17(9)2/h6,8,10H,3-5,7H2,1-2H3/t8-,10-/m1/s1. The second-order valence-corrected chi connectivity index (χ2v) is 6.32. The Balaban J connectivity index is 1.88. The van der Waals surface area contributed by atoms with Crippen molar-refractivity contribution in [3.63, 3.8) is 0 Å². The number of aryl methyl sites for hydroxylation is 1. The van der Waals surface area contributed by atoms with Crippen LogP contribution in [-0.4, -0.2) is 57.6 Å². The molecule has 0 radical (unpaired) electrons. The van der Waals surface area contributed by atoms with Gasteiger partial charge in [0.05, 0.1) is 12.0 Å². The number of halogens is 1. The highest BCUT2D eigenvalue weighted by molar-refractivity contribution is 9.10. The summed E-state index contributed by atoms with van der Waals surface area (Å²) in [5, 5.41) is 4.15. The lowest BCUT2D eigenvalue weighted by molar-refractivity contribution is -0.130. The molecule has 108 valence electrons. The maximum atomic E-state index is 12.7. The number of fused-ring (bicyclic) bond motifs is 1. The van der Waals surface area contributed by atoms with Crippen LogP contribution in [0.2, 0.25) is 0 Å². The first kappa shape index (κ1) is 13.6. The highest BCUT2D eigenvalue weighted by Gasteiger charge is 2.45. The highest BCUT2D eigenvalue weighted by atomic mass is 79.9. The Bertz CT molecular complexity index is 571. The van der Waals surface area contributed by atoms with Gasteiger partial charge in [-0.15, -0.1) is 0 Å². The first-order chi connectivity index (χ1) is 9.49. The Morgan fingerprint density at radius 1 is 1.45 bits per heavy atom. The number of likely N-dealkylation sites (N-methyl/N-ethyl adjacent to an activating group) is 1. The normalized spacial score (nSPS) is 26.1. The summed E-state index contributed by atoms with van der Waals surface area (Å²) in [4.78, 5) is 28.4. The third-order valence-electron chi connectivity index (χ3n) is 4.26. The van der Waals surface area contributed by atoms with Gasteiger partial charge in [-0.3, -0.25) is 14.3 Å². The lowest BCUT2D eigenvalue weighted by Gasteiger charge is -2.35. The fraction of sp³-hybridized carbons (Fsp3) is 0.615. The number of piperidine rings is 1. The number of rotatable bonds is 1. The summed E-state index contributed by atoms with van der Waals surface area (Å²) in [6.07, 6.45) is 1.76. The molecule has 1 aromatic heterocycles. The van der Waals surface area contributed by atoms with E-state index in [0.29, 0.717) is 23.4 Å². The van der Waals surface area contributed by atoms with E-state index in [2.05, 4.69) is 21.0 Å². The summed E-state index contributed by atoms with van der Waals surface area (Å²) < 4.78 is 2.23. The van der Waals surface area contributed by atoms with Crippen LogP contribution in [0.5, 0.6) is 0 Å². The molecule has 2 aliphatic rings. The van der Waals surface area contributed by atoms with E-state index in [1.54, 1.807) is 22.7 Å². The van der Waals surface area contributed by atoms with Gasteiger partial charge >= 0.3 is 0 Å². The lowest BCUT2D eigenvalue weighted by Crippen LogP contribution is -2.49. The molecule has 0 spiro atoms. The van der Waals surface area contributed by atoms with Crippen LogP contribution in [0.4, 0.5) is 0 Å². The smallest absolute Gasteiger partial charge is 0.272 e. The van der Waals surface area contributed by atoms with Crippen LogP contribution >= 0.6 is 15.9 Å². The fourth-order valence-electron chi connectivity index (χ4n) is 3.26. The number of carbonyl (C=O) groups is 2. The lowest BCUT2D eigenvalue weighted by atomic mass is 9.91. The van der Waals surface area contributed by atoms with Crippen LogP contribution in [-0.2, 0) is 11.8 Å². The van der Waals surface area contributed by atoms with Crippen molar-refractivity contribution in [2.24, 2.45) is 13.0 Å². The van der Waals surface area contributed by atoms with Gasteiger partial charge in [-0.25, -0.2) is 0 Å². The molecule has 7 heteroatoms. The zero-order valence-electron chi connectivity index (χ0n) is 11.5. The first-order valence-corrected chi connectivity index (χ1v) is 7.54. The number of aromatic nitrogens is 2. The van der Waals surface area contributed by atoms with Crippen LogP contribution < -0.4 is 0 Å². The summed E-state index contributed by atoms with van der Waals surface area (Å²) in [5.74, 6) is 0.0940. The molecule has 1 aromatic rings. The Morgan fingerprint density at radius 2 is 2.20 bits per heavy atom. The fourth-order valence-corrected chi connectivity index (χ4v) is 3.71. The Kier molecular flexibility index (Phi) is 3.32. The van der Waals surface area contributed by atoms with Crippen molar-refractivity contribution in [1.29, 1.82) is 0 Å². The van der Waals surface area contributed by atoms with Crippen molar-refractivity contribution in [3.8, 4) is 0 Å². The van der Waals surface area contributed by atoms with E-state index in [1.807, 2.05) is 11.9 Å². The van der Waals surface area contributed by atoms with Gasteiger partial charge in [0.2, 0.25) is 5.91 Å². The molecule has 6 nitrogen and oxygen atoms in total. The minimum Gasteiger partial charge on any atom is -0.343 e. The maximum absolute atomic E-state index is 12.7. The molecule has 0 aliphatic carbocycles. The second-order valence-electron chi connectivity index (χ2n) is 5.51. The number of nitrogens with zero attached hydrogens (tertiary/aromatic N) is 4. The van der Waals surface area contributed by atoms with Gasteiger partial charge in [-0.1, -0.05) is 0 Å². The number of likely N-dealkylation sites (tertiary alicyclic amines) is 2. The first-order valence-electron chi connectivity index (χ1n) is 6.74. The molecule has 3 heterocycles. The molecular formula is C13H17BrN4O2. The van der Waals surface area contributed by atoms with E-state index in [4.69, 9.17) is 0 Å². The molecule has 2 fully saturated rings. The van der Waals surface area contributed by atoms with Crippen molar-refractivity contribution in [3.05, 3.63) is 16.4 Å². The quantitative estimate of drug-likeness (QED) is 0.762. The van der Waals surface area contributed by atoms with Gasteiger partial charge in [0.1, 0.15) is 10.3 Å². The number of amides is 2. The zero-order chi connectivity index (χ0) is 14.4. The molecule has 0 saturated carbocycles. The summed E-state index contributed by atoms with van der Waals surface area (Å²) >= 11 is 3.29. The Labute approximate surface area is 125 Å². The molecule has 0 aromatic carbocycles. The number of carbonyl (C=O) groups excluding carboxylic acids is 2. The molecule has 0 unspecified atom stereocenters. The van der Waals surface area contributed by atoms with E-state index in [-0.39, 0.29) is 23.8 Å². The molecule has 3 rings (SSSR count). The van der Waals surface area contributed by atoms with E-state index in [1.165, 1.54) is 0 Å². The predicted octanol–water partition coefficient (Wildman–Crippen LogP) is 0.875. The molecule has 2 amide bonds. The highest BCUT2D eigenvalue weighted by Crippen LogP contribution is 2.32. The molecule has 2 aliphatic heterocycles. The van der Waals surface area contributed by atoms with Crippen molar-refractivity contribution in [2.45, 2.75) is 18.9 Å². The number of hydrogen-bond donors (Lipinski definition) is 0. The third kappa shape index (κ3) is 2.04. The molecule has 20 heavy (non-hydrogen) atoms. The van der Waals surface area contributed by atoms with Gasteiger partial charge < -0.3 is 9.80 Å². The van der Waals surface area contributed by atoms with Crippen molar-refractivity contribution < 1.29 is 9.59 Å². The van der Waals surface area contributed by atoms with E-state index >= 15 is 0 Å². The van der Waals surface area contributed by atoms with Crippen LogP contribution in [0.3, 0.4) is 0 Å². The average Bonchev–Trinajstić information content (AvgIpc) is 2.89. The van der Waals surface area contributed by atoms with Gasteiger partial charge in [-0.05, 0) is 28.8 Å². The van der Waals surface area contributed by atoms with Gasteiger partial charge in [0, 0.05) is 33.3 Å². The van der Waals surface area contributed by atoms with Gasteiger partial charge in [0.25, 0.3) is 5.91 Å². The zero-order valence-corrected chi connectivity index (χ0v) is 13.1. The maximum Gasteiger partial charge on any atom is 0.272 e. The Hall–Kier alpha value is -1.37. The molecule has 2 atom stereocenters. The average molecular weight is 341 g/mol. The van der Waals surface area contributed by atoms with Gasteiger partial charge in [-0.2, -0.15) is 5.10 Å². The summed E-state index contributed by atoms with van der Waals surface area (Å²) in [7, 11) is 3.56. The molecule has 0 N–H and O–H groups in total. The largest absolute Gasteiger partial charge is 0.343 e. The minimum atomic E-state index is -0.0384. The summed E-state index contributed by atoms with van der Waals surface area (Å²) in [6, 6.07) is 1.73. The molecule has 2 saturated heterocycles. The van der Waals surface area contributed by atoms with Crippen LogP contribution in [0.25, 0.3) is 0 Å². The monoisotopic (exact) mass is 340 g/mol. The van der Waals surface area contributed by atoms with Crippen molar-refractivity contribution in [1.82, 2.24) is 19.6 Å². The molecule has 0 bridgehead atoms.